The van der Waals surface area contributed by atoms with Crippen LogP contribution in [0.1, 0.15) is 24.8 Å². The van der Waals surface area contributed by atoms with Crippen LogP contribution < -0.4 is 10.6 Å². The van der Waals surface area contributed by atoms with E-state index in [-0.39, 0.29) is 16.5 Å². The van der Waals surface area contributed by atoms with Crippen molar-refractivity contribution in [2.75, 3.05) is 32.7 Å². The van der Waals surface area contributed by atoms with Crippen molar-refractivity contribution in [3.05, 3.63) is 82.2 Å². The molecule has 0 aliphatic carbocycles. The second-order valence-corrected chi connectivity index (χ2v) is 10.9. The largest absolute Gasteiger partial charge is 0.369 e. The molecule has 8 nitrogen and oxygen atoms in total. The zero-order valence-electron chi connectivity index (χ0n) is 19.7. The van der Waals surface area contributed by atoms with Gasteiger partial charge in [-0.05, 0) is 75.0 Å². The Labute approximate surface area is 206 Å². The molecule has 35 heavy (non-hydrogen) atoms. The normalized spacial score (nSPS) is 22.4. The first-order chi connectivity index (χ1) is 16.9. The van der Waals surface area contributed by atoms with Crippen LogP contribution in [0, 0.1) is 5.92 Å². The van der Waals surface area contributed by atoms with E-state index in [1.54, 1.807) is 18.2 Å². The number of carbonyl (C=O) groups is 1. The van der Waals surface area contributed by atoms with Gasteiger partial charge in [0.05, 0.1) is 17.3 Å². The number of hydrogen-bond acceptors (Lipinski definition) is 6. The van der Waals surface area contributed by atoms with Crippen molar-refractivity contribution >= 4 is 16.0 Å². The van der Waals surface area contributed by atoms with Gasteiger partial charge in [-0.25, -0.2) is 0 Å². The molecule has 1 aromatic rings. The molecule has 2 saturated heterocycles. The predicted octanol–water partition coefficient (Wildman–Crippen LogP) is 2.17. The summed E-state index contributed by atoms with van der Waals surface area (Å²) in [4.78, 5) is 17.1. The molecule has 5 rings (SSSR count). The Bertz CT molecular complexity index is 1190. The number of nitrogens with zero attached hydrogens (tertiary/aromatic N) is 2. The summed E-state index contributed by atoms with van der Waals surface area (Å²) in [6.45, 7) is 4.13. The summed E-state index contributed by atoms with van der Waals surface area (Å²) in [5.41, 5.74) is 1.72. The molecular weight excluding hydrogens is 464 g/mol. The molecule has 0 aromatic heterocycles. The highest BCUT2D eigenvalue weighted by Gasteiger charge is 2.41. The topological polar surface area (TPSA) is 102 Å². The van der Waals surface area contributed by atoms with Crippen molar-refractivity contribution in [3.63, 3.8) is 0 Å². The van der Waals surface area contributed by atoms with Crippen molar-refractivity contribution in [1.82, 2.24) is 20.4 Å². The number of aryl methyl sites for hydroxylation is 1. The van der Waals surface area contributed by atoms with Crippen LogP contribution in [0.3, 0.4) is 0 Å². The highest BCUT2D eigenvalue weighted by atomic mass is 32.2. The van der Waals surface area contributed by atoms with Crippen molar-refractivity contribution in [2.24, 2.45) is 5.92 Å². The van der Waals surface area contributed by atoms with Gasteiger partial charge >= 0.3 is 0 Å². The molecule has 9 heteroatoms. The zero-order valence-corrected chi connectivity index (χ0v) is 20.5. The van der Waals surface area contributed by atoms with Gasteiger partial charge in [-0.1, -0.05) is 36.4 Å². The number of likely N-dealkylation sites (tertiary alicyclic amines) is 1. The fraction of sp³-hybridized carbons (Fsp3) is 0.423. The van der Waals surface area contributed by atoms with E-state index in [0.717, 1.165) is 51.1 Å². The maximum Gasteiger partial charge on any atom is 0.297 e. The lowest BCUT2D eigenvalue weighted by Gasteiger charge is -2.34. The molecule has 0 radical (unpaired) electrons. The highest BCUT2D eigenvalue weighted by Crippen LogP contribution is 2.37. The van der Waals surface area contributed by atoms with Crippen LogP contribution in [-0.2, 0) is 21.3 Å². The number of benzene rings is 1. The quantitative estimate of drug-likeness (QED) is 0.474. The highest BCUT2D eigenvalue weighted by molar-refractivity contribution is 7.90. The Morgan fingerprint density at radius 1 is 1.17 bits per heavy atom. The summed E-state index contributed by atoms with van der Waals surface area (Å²) in [6.07, 6.45) is 11.0. The molecule has 1 atom stereocenters. The van der Waals surface area contributed by atoms with Crippen LogP contribution in [0.4, 0.5) is 0 Å². The SMILES string of the molecule is O=C(NCC1CCN(CCCc2ccccc2)CC1)C1=CC2CNC3=CC=CC(=C1S(=O)(=O)O)N32. The summed E-state index contributed by atoms with van der Waals surface area (Å²) in [7, 11) is -4.59. The number of hydrogen-bond donors (Lipinski definition) is 3. The molecule has 0 bridgehead atoms. The second kappa shape index (κ2) is 10.0. The lowest BCUT2D eigenvalue weighted by molar-refractivity contribution is -0.117. The maximum absolute atomic E-state index is 13.1. The van der Waals surface area contributed by atoms with Crippen LogP contribution >= 0.6 is 0 Å². The van der Waals surface area contributed by atoms with E-state index < -0.39 is 16.0 Å². The molecule has 186 valence electrons. The first-order valence-corrected chi connectivity index (χ1v) is 13.7. The summed E-state index contributed by atoms with van der Waals surface area (Å²) in [6, 6.07) is 10.4. The smallest absolute Gasteiger partial charge is 0.297 e. The molecule has 4 aliphatic heterocycles. The lowest BCUT2D eigenvalue weighted by Crippen LogP contribution is -2.41. The number of amides is 1. The van der Waals surface area contributed by atoms with E-state index in [1.807, 2.05) is 17.0 Å². The van der Waals surface area contributed by atoms with E-state index in [2.05, 4.69) is 39.8 Å². The molecule has 1 aromatic carbocycles. The molecule has 4 aliphatic rings. The Morgan fingerprint density at radius 3 is 2.69 bits per heavy atom. The van der Waals surface area contributed by atoms with Gasteiger partial charge in [0.1, 0.15) is 10.7 Å². The Hall–Kier alpha value is -2.88. The van der Waals surface area contributed by atoms with Crippen LogP contribution in [0.15, 0.2) is 76.6 Å². The van der Waals surface area contributed by atoms with E-state index in [4.69, 9.17) is 0 Å². The summed E-state index contributed by atoms with van der Waals surface area (Å²) in [5.74, 6) is 0.662. The minimum absolute atomic E-state index is 0.0247. The standard InChI is InChI=1S/C26H32N4O4S/c31-26(22-16-21-18-27-24-10-4-9-23(30(21)24)25(22)35(32,33)34)28-17-20-11-14-29(15-12-20)13-5-8-19-6-2-1-3-7-19/h1-4,6-7,9-10,16,20-21,27H,5,8,11-15,17-18H2,(H,28,31)(H,32,33,34). The second-order valence-electron chi connectivity index (χ2n) is 9.58. The third-order valence-corrected chi connectivity index (χ3v) is 8.18. The van der Waals surface area contributed by atoms with E-state index in [9.17, 15) is 17.8 Å². The van der Waals surface area contributed by atoms with Gasteiger partial charge in [-0.3, -0.25) is 9.35 Å². The number of nitrogens with one attached hydrogen (secondary N) is 2. The fourth-order valence-corrected chi connectivity index (χ4v) is 6.26. The van der Waals surface area contributed by atoms with Crippen LogP contribution in [0.5, 0.6) is 0 Å². The van der Waals surface area contributed by atoms with Gasteiger partial charge in [0.25, 0.3) is 16.0 Å². The first-order valence-electron chi connectivity index (χ1n) is 12.3. The summed E-state index contributed by atoms with van der Waals surface area (Å²) in [5, 5.41) is 6.16. The molecule has 1 unspecified atom stereocenters. The fourth-order valence-electron chi connectivity index (χ4n) is 5.39. The molecular formula is C26H32N4O4S. The first kappa shape index (κ1) is 23.8. The van der Waals surface area contributed by atoms with Gasteiger partial charge in [0.2, 0.25) is 0 Å². The predicted molar refractivity (Wildman–Crippen MR) is 134 cm³/mol. The average Bonchev–Trinajstić information content (AvgIpc) is 3.27. The van der Waals surface area contributed by atoms with Crippen LogP contribution in [-0.4, -0.2) is 67.4 Å². The monoisotopic (exact) mass is 496 g/mol. The molecule has 2 fully saturated rings. The third-order valence-electron chi connectivity index (χ3n) is 7.23. The Balaban J connectivity index is 1.15. The number of piperidine rings is 1. The number of allylic oxidation sites excluding steroid dienone is 3. The molecule has 4 heterocycles. The number of rotatable bonds is 8. The summed E-state index contributed by atoms with van der Waals surface area (Å²) >= 11 is 0. The van der Waals surface area contributed by atoms with Gasteiger partial charge in [-0.15, -0.1) is 0 Å². The third kappa shape index (κ3) is 5.22. The van der Waals surface area contributed by atoms with Gasteiger partial charge in [0.15, 0.2) is 0 Å². The van der Waals surface area contributed by atoms with Crippen molar-refractivity contribution in [1.29, 1.82) is 0 Å². The van der Waals surface area contributed by atoms with Gasteiger partial charge < -0.3 is 20.4 Å². The van der Waals surface area contributed by atoms with Gasteiger partial charge in [-0.2, -0.15) is 8.42 Å². The Morgan fingerprint density at radius 2 is 1.94 bits per heavy atom. The van der Waals surface area contributed by atoms with E-state index in [0.29, 0.717) is 24.7 Å². The molecule has 3 N–H and O–H groups in total. The van der Waals surface area contributed by atoms with Gasteiger partial charge in [0, 0.05) is 13.1 Å². The van der Waals surface area contributed by atoms with Crippen molar-refractivity contribution in [3.8, 4) is 0 Å². The molecule has 1 amide bonds. The van der Waals surface area contributed by atoms with Crippen molar-refractivity contribution < 1.29 is 17.8 Å². The zero-order chi connectivity index (χ0) is 24.4. The average molecular weight is 497 g/mol. The molecule has 0 saturated carbocycles. The molecule has 0 spiro atoms. The lowest BCUT2D eigenvalue weighted by atomic mass is 9.96. The minimum Gasteiger partial charge on any atom is -0.369 e. The summed E-state index contributed by atoms with van der Waals surface area (Å²) < 4.78 is 34.5. The van der Waals surface area contributed by atoms with Crippen LogP contribution in [0.2, 0.25) is 0 Å². The van der Waals surface area contributed by atoms with Crippen molar-refractivity contribution in [2.45, 2.75) is 31.7 Å². The van der Waals surface area contributed by atoms with E-state index in [1.165, 1.54) is 5.56 Å². The van der Waals surface area contributed by atoms with Crippen LogP contribution in [0.25, 0.3) is 0 Å². The number of carbonyl (C=O) groups excluding carboxylic acids is 1. The maximum atomic E-state index is 13.1. The minimum atomic E-state index is -4.59. The van der Waals surface area contributed by atoms with E-state index >= 15 is 0 Å². The Kier molecular flexibility index (Phi) is 6.82.